The Kier molecular flexibility index (Phi) is 5.81. The molecule has 0 saturated carbocycles. The Labute approximate surface area is 259 Å². The molecule has 2 aromatic heterocycles. The van der Waals surface area contributed by atoms with Crippen molar-refractivity contribution in [3.63, 3.8) is 0 Å². The van der Waals surface area contributed by atoms with E-state index in [9.17, 15) is 0 Å². The van der Waals surface area contributed by atoms with Crippen LogP contribution in [0.2, 0.25) is 0 Å². The summed E-state index contributed by atoms with van der Waals surface area (Å²) in [4.78, 5) is 15.4. The number of nitrogens with zero attached hydrogens (tertiary/aromatic N) is 3. The number of aliphatic imine (C=N–C) groups is 2. The van der Waals surface area contributed by atoms with E-state index in [1.165, 1.54) is 5.39 Å². The van der Waals surface area contributed by atoms with E-state index in [1.54, 1.807) is 0 Å². The van der Waals surface area contributed by atoms with Crippen molar-refractivity contribution in [3.05, 3.63) is 163 Å². The number of furan rings is 1. The Bertz CT molecular complexity index is 2460. The first-order valence-corrected chi connectivity index (χ1v) is 15.0. The molecule has 1 aliphatic heterocycles. The molecular weight excluding hydrogens is 552 g/mol. The van der Waals surface area contributed by atoms with E-state index in [0.29, 0.717) is 5.84 Å². The molecule has 0 fully saturated rings. The summed E-state index contributed by atoms with van der Waals surface area (Å²) in [6, 6.07) is 47.9. The maximum atomic E-state index is 6.70. The zero-order chi connectivity index (χ0) is 29.7. The molecule has 0 aliphatic carbocycles. The number of amidine groups is 2. The van der Waals surface area contributed by atoms with E-state index in [-0.39, 0.29) is 0 Å². The second-order valence-corrected chi connectivity index (χ2v) is 11.3. The second-order valence-electron chi connectivity index (χ2n) is 11.3. The highest BCUT2D eigenvalue weighted by atomic mass is 16.3. The van der Waals surface area contributed by atoms with Gasteiger partial charge in [0.1, 0.15) is 22.7 Å². The summed E-state index contributed by atoms with van der Waals surface area (Å²) < 4.78 is 6.70. The Morgan fingerprint density at radius 3 is 1.93 bits per heavy atom. The van der Waals surface area contributed by atoms with E-state index in [1.807, 2.05) is 42.6 Å². The summed E-state index contributed by atoms with van der Waals surface area (Å²) in [5, 5.41) is 10.1. The van der Waals surface area contributed by atoms with Crippen molar-refractivity contribution in [3.8, 4) is 11.1 Å². The quantitative estimate of drug-likeness (QED) is 0.226. The van der Waals surface area contributed by atoms with Gasteiger partial charge in [0, 0.05) is 22.7 Å². The van der Waals surface area contributed by atoms with Gasteiger partial charge < -0.3 is 9.73 Å². The minimum Gasteiger partial charge on any atom is -0.455 e. The molecule has 45 heavy (non-hydrogen) atoms. The molecule has 1 unspecified atom stereocenters. The largest absolute Gasteiger partial charge is 0.455 e. The molecule has 0 bridgehead atoms. The van der Waals surface area contributed by atoms with Gasteiger partial charge in [-0.25, -0.2) is 9.98 Å². The first-order chi connectivity index (χ1) is 22.3. The SMILES string of the molecule is c1ccc(C2=NC(c3ccc4ccccc4c3)N=C(c3ncc(-c4ccccc4)c4oc5cc6ccccc6cc5c34)N2)cc1. The molecule has 0 spiro atoms. The molecular formula is C40H26N4O. The van der Waals surface area contributed by atoms with E-state index in [4.69, 9.17) is 19.4 Å². The number of rotatable bonds is 4. The summed E-state index contributed by atoms with van der Waals surface area (Å²) in [6.07, 6.45) is 1.45. The number of aromatic nitrogens is 1. The molecule has 3 heterocycles. The fourth-order valence-electron chi connectivity index (χ4n) is 6.29. The average Bonchev–Trinajstić information content (AvgIpc) is 3.49. The smallest absolute Gasteiger partial charge is 0.169 e. The van der Waals surface area contributed by atoms with Crippen LogP contribution >= 0.6 is 0 Å². The highest BCUT2D eigenvalue weighted by molar-refractivity contribution is 6.24. The van der Waals surface area contributed by atoms with Crippen LogP contribution < -0.4 is 5.32 Å². The molecule has 6 aromatic carbocycles. The van der Waals surface area contributed by atoms with Crippen LogP contribution in [0.25, 0.3) is 54.6 Å². The highest BCUT2D eigenvalue weighted by Gasteiger charge is 2.26. The van der Waals surface area contributed by atoms with Gasteiger partial charge in [0.2, 0.25) is 0 Å². The topological polar surface area (TPSA) is 62.8 Å². The van der Waals surface area contributed by atoms with Crippen molar-refractivity contribution in [2.45, 2.75) is 6.17 Å². The van der Waals surface area contributed by atoms with Crippen LogP contribution in [0.4, 0.5) is 0 Å². The standard InChI is InChI=1S/C40H26N4O/c1-3-12-26(13-4-1)33-24-41-36(35-32-22-29-17-9-10-18-30(29)23-34(32)45-37(33)35)40-43-38(27-14-5-2-6-15-27)42-39(44-40)31-20-19-25-11-7-8-16-28(25)21-31/h1-24,39H,(H,42,43,44). The molecule has 5 heteroatoms. The lowest BCUT2D eigenvalue weighted by atomic mass is 10.0. The predicted octanol–water partition coefficient (Wildman–Crippen LogP) is 9.45. The van der Waals surface area contributed by atoms with E-state index >= 15 is 0 Å². The van der Waals surface area contributed by atoms with Crippen molar-refractivity contribution >= 4 is 55.2 Å². The van der Waals surface area contributed by atoms with Gasteiger partial charge in [-0.1, -0.05) is 121 Å². The number of pyridine rings is 1. The summed E-state index contributed by atoms with van der Waals surface area (Å²) in [6.45, 7) is 0. The van der Waals surface area contributed by atoms with Crippen LogP contribution in [0.3, 0.4) is 0 Å². The molecule has 0 radical (unpaired) electrons. The molecule has 1 aliphatic rings. The van der Waals surface area contributed by atoms with Crippen LogP contribution in [-0.4, -0.2) is 16.7 Å². The number of benzene rings is 6. The van der Waals surface area contributed by atoms with Crippen LogP contribution in [0.15, 0.2) is 160 Å². The van der Waals surface area contributed by atoms with Crippen LogP contribution in [0, 0.1) is 0 Å². The summed E-state index contributed by atoms with van der Waals surface area (Å²) in [7, 11) is 0. The van der Waals surface area contributed by atoms with Crippen LogP contribution in [-0.2, 0) is 0 Å². The summed E-state index contributed by atoms with van der Waals surface area (Å²) in [5.74, 6) is 1.40. The van der Waals surface area contributed by atoms with Crippen molar-refractivity contribution in [1.82, 2.24) is 10.3 Å². The summed E-state index contributed by atoms with van der Waals surface area (Å²) in [5.41, 5.74) is 6.31. The van der Waals surface area contributed by atoms with E-state index < -0.39 is 6.17 Å². The van der Waals surface area contributed by atoms with E-state index in [0.717, 1.165) is 71.9 Å². The summed E-state index contributed by atoms with van der Waals surface area (Å²) >= 11 is 0. The third kappa shape index (κ3) is 4.36. The molecule has 8 aromatic rings. The molecule has 212 valence electrons. The fourth-order valence-corrected chi connectivity index (χ4v) is 6.29. The van der Waals surface area contributed by atoms with Crippen molar-refractivity contribution < 1.29 is 4.42 Å². The first-order valence-electron chi connectivity index (χ1n) is 15.0. The normalized spacial score (nSPS) is 14.9. The average molecular weight is 579 g/mol. The Morgan fingerprint density at radius 1 is 0.556 bits per heavy atom. The van der Waals surface area contributed by atoms with Gasteiger partial charge in [0.05, 0.1) is 5.39 Å². The molecule has 9 rings (SSSR count). The van der Waals surface area contributed by atoms with Crippen LogP contribution in [0.1, 0.15) is 23.0 Å². The first kappa shape index (κ1) is 25.4. The second kappa shape index (κ2) is 10.3. The van der Waals surface area contributed by atoms with E-state index in [2.05, 4.69) is 108 Å². The molecule has 1 atom stereocenters. The zero-order valence-electron chi connectivity index (χ0n) is 24.2. The Morgan fingerprint density at radius 2 is 1.18 bits per heavy atom. The van der Waals surface area contributed by atoms with Crippen LogP contribution in [0.5, 0.6) is 0 Å². The van der Waals surface area contributed by atoms with Gasteiger partial charge in [0.15, 0.2) is 12.0 Å². The monoisotopic (exact) mass is 578 g/mol. The third-order valence-electron chi connectivity index (χ3n) is 8.53. The lowest BCUT2D eigenvalue weighted by molar-refractivity contribution is 0.670. The highest BCUT2D eigenvalue weighted by Crippen LogP contribution is 2.39. The molecule has 5 nitrogen and oxygen atoms in total. The number of nitrogens with one attached hydrogen (secondary N) is 1. The van der Waals surface area contributed by atoms with Gasteiger partial charge in [-0.05, 0) is 50.9 Å². The number of fused-ring (bicyclic) bond motifs is 5. The lowest BCUT2D eigenvalue weighted by Gasteiger charge is -2.22. The maximum absolute atomic E-state index is 6.70. The minimum atomic E-state index is -0.453. The lowest BCUT2D eigenvalue weighted by Crippen LogP contribution is -2.36. The van der Waals surface area contributed by atoms with Gasteiger partial charge in [-0.3, -0.25) is 4.98 Å². The molecule has 0 saturated heterocycles. The van der Waals surface area contributed by atoms with Gasteiger partial charge in [-0.15, -0.1) is 0 Å². The third-order valence-corrected chi connectivity index (χ3v) is 8.53. The van der Waals surface area contributed by atoms with Crippen molar-refractivity contribution in [2.24, 2.45) is 9.98 Å². The van der Waals surface area contributed by atoms with Crippen molar-refractivity contribution in [1.29, 1.82) is 0 Å². The number of hydrogen-bond donors (Lipinski definition) is 1. The van der Waals surface area contributed by atoms with Gasteiger partial charge >= 0.3 is 0 Å². The Hall–Kier alpha value is -6.07. The minimum absolute atomic E-state index is 0.453. The predicted molar refractivity (Wildman–Crippen MR) is 184 cm³/mol. The maximum Gasteiger partial charge on any atom is 0.169 e. The number of hydrogen-bond acceptors (Lipinski definition) is 5. The zero-order valence-corrected chi connectivity index (χ0v) is 24.2. The molecule has 1 N–H and O–H groups in total. The fraction of sp³-hybridized carbons (Fsp3) is 0.0250. The van der Waals surface area contributed by atoms with Gasteiger partial charge in [-0.2, -0.15) is 0 Å². The van der Waals surface area contributed by atoms with Crippen molar-refractivity contribution in [2.75, 3.05) is 0 Å². The Balaban J connectivity index is 1.30. The molecule has 0 amide bonds. The van der Waals surface area contributed by atoms with Gasteiger partial charge in [0.25, 0.3) is 0 Å².